The number of anilines is 1. The van der Waals surface area contributed by atoms with Crippen LogP contribution in [0.1, 0.15) is 24.0 Å². The molecule has 2 aliphatic heterocycles. The van der Waals surface area contributed by atoms with Gasteiger partial charge in [0.1, 0.15) is 12.1 Å². The van der Waals surface area contributed by atoms with Crippen molar-refractivity contribution in [2.75, 3.05) is 38.0 Å². The molecule has 0 saturated carbocycles. The molecule has 2 aliphatic rings. The highest BCUT2D eigenvalue weighted by molar-refractivity contribution is 5.93. The van der Waals surface area contributed by atoms with E-state index in [0.29, 0.717) is 11.4 Å². The topological polar surface area (TPSA) is 109 Å². The summed E-state index contributed by atoms with van der Waals surface area (Å²) in [6.07, 6.45) is 4.18. The molecule has 2 aromatic carbocycles. The van der Waals surface area contributed by atoms with Gasteiger partial charge in [-0.05, 0) is 43.1 Å². The number of benzene rings is 2. The van der Waals surface area contributed by atoms with E-state index in [2.05, 4.69) is 33.3 Å². The second kappa shape index (κ2) is 11.3. The lowest BCUT2D eigenvalue weighted by Gasteiger charge is -2.35. The number of primary amides is 1. The molecular weight excluding hydrogens is 468 g/mol. The number of ether oxygens (including phenoxy) is 2. The Morgan fingerprint density at radius 2 is 1.84 bits per heavy atom. The zero-order chi connectivity index (χ0) is 25.6. The first-order valence-corrected chi connectivity index (χ1v) is 12.7. The van der Waals surface area contributed by atoms with E-state index < -0.39 is 6.03 Å². The van der Waals surface area contributed by atoms with Gasteiger partial charge in [0, 0.05) is 44.5 Å². The van der Waals surface area contributed by atoms with Crippen LogP contribution in [0.3, 0.4) is 0 Å². The fourth-order valence-electron chi connectivity index (χ4n) is 4.96. The quantitative estimate of drug-likeness (QED) is 0.433. The fourth-order valence-corrected chi connectivity index (χ4v) is 4.96. The average Bonchev–Trinajstić information content (AvgIpc) is 3.51. The van der Waals surface area contributed by atoms with E-state index in [4.69, 9.17) is 15.2 Å². The Labute approximate surface area is 216 Å². The molecule has 0 bridgehead atoms. The standard InChI is InChI=1S/C28H32N6O3/c29-19-22-8-9-23-18-25(31-28(30)35)34(24(23)16-22)11-5-4-10-32-12-14-33(15-13-32)26-20-36-27(37-26)17-21-6-2-1-3-7-21/h1-3,6-9,16,18,20,27H,4-5,10-15,17H2,(H3,30,31,35). The number of aromatic nitrogens is 1. The van der Waals surface area contributed by atoms with Gasteiger partial charge >= 0.3 is 6.03 Å². The summed E-state index contributed by atoms with van der Waals surface area (Å²) in [5, 5.41) is 13.0. The fraction of sp³-hybridized carbons (Fsp3) is 0.357. The largest absolute Gasteiger partial charge is 0.457 e. The van der Waals surface area contributed by atoms with E-state index in [9.17, 15) is 10.1 Å². The molecule has 9 heteroatoms. The summed E-state index contributed by atoms with van der Waals surface area (Å²) in [5.41, 5.74) is 8.09. The number of carbonyl (C=O) groups is 1. The lowest BCUT2D eigenvalue weighted by atomic mass is 10.1. The molecule has 3 N–H and O–H groups in total. The van der Waals surface area contributed by atoms with Gasteiger partial charge in [-0.25, -0.2) is 4.79 Å². The van der Waals surface area contributed by atoms with Crippen LogP contribution in [-0.2, 0) is 22.4 Å². The highest BCUT2D eigenvalue weighted by Crippen LogP contribution is 2.26. The molecule has 0 aliphatic carbocycles. The van der Waals surface area contributed by atoms with Gasteiger partial charge in [-0.2, -0.15) is 5.26 Å². The summed E-state index contributed by atoms with van der Waals surface area (Å²) in [6, 6.07) is 19.3. The molecular formula is C28H32N6O3. The van der Waals surface area contributed by atoms with Gasteiger partial charge in [-0.3, -0.25) is 10.2 Å². The van der Waals surface area contributed by atoms with Crippen molar-refractivity contribution in [2.24, 2.45) is 5.73 Å². The summed E-state index contributed by atoms with van der Waals surface area (Å²) in [4.78, 5) is 16.2. The molecule has 1 saturated heterocycles. The minimum atomic E-state index is -0.597. The minimum Gasteiger partial charge on any atom is -0.457 e. The summed E-state index contributed by atoms with van der Waals surface area (Å²) in [6.45, 7) is 5.47. The van der Waals surface area contributed by atoms with Crippen LogP contribution >= 0.6 is 0 Å². The molecule has 192 valence electrons. The van der Waals surface area contributed by atoms with Crippen molar-refractivity contribution in [1.29, 1.82) is 5.26 Å². The number of rotatable bonds is 9. The Balaban J connectivity index is 1.08. The Hall–Kier alpha value is -4.16. The Morgan fingerprint density at radius 3 is 2.59 bits per heavy atom. The van der Waals surface area contributed by atoms with Crippen molar-refractivity contribution in [1.82, 2.24) is 14.4 Å². The smallest absolute Gasteiger partial charge is 0.317 e. The first-order chi connectivity index (χ1) is 18.1. The molecule has 3 aromatic rings. The first kappa shape index (κ1) is 24.5. The normalized spacial score (nSPS) is 17.6. The molecule has 0 radical (unpaired) electrons. The molecule has 1 fully saturated rings. The number of nitrogens with one attached hydrogen (secondary N) is 1. The average molecular weight is 501 g/mol. The van der Waals surface area contributed by atoms with Crippen molar-refractivity contribution in [3.63, 3.8) is 0 Å². The monoisotopic (exact) mass is 500 g/mol. The number of nitrogens with zero attached hydrogens (tertiary/aromatic N) is 4. The number of carbonyl (C=O) groups excluding carboxylic acids is 1. The zero-order valence-electron chi connectivity index (χ0n) is 20.8. The summed E-state index contributed by atoms with van der Waals surface area (Å²) in [5.74, 6) is 1.48. The highest BCUT2D eigenvalue weighted by atomic mass is 16.7. The van der Waals surface area contributed by atoms with E-state index >= 15 is 0 Å². The molecule has 37 heavy (non-hydrogen) atoms. The van der Waals surface area contributed by atoms with Crippen LogP contribution in [0, 0.1) is 11.3 Å². The predicted octanol–water partition coefficient (Wildman–Crippen LogP) is 3.82. The molecule has 9 nitrogen and oxygen atoms in total. The molecule has 1 atom stereocenters. The summed E-state index contributed by atoms with van der Waals surface area (Å²) >= 11 is 0. The van der Waals surface area contributed by atoms with Crippen molar-refractivity contribution in [3.05, 3.63) is 77.9 Å². The second-order valence-electron chi connectivity index (χ2n) is 9.42. The molecule has 3 heterocycles. The van der Waals surface area contributed by atoms with Crippen molar-refractivity contribution in [3.8, 4) is 6.07 Å². The number of nitriles is 1. The second-order valence-corrected chi connectivity index (χ2v) is 9.42. The third-order valence-electron chi connectivity index (χ3n) is 6.89. The first-order valence-electron chi connectivity index (χ1n) is 12.7. The predicted molar refractivity (Wildman–Crippen MR) is 141 cm³/mol. The van der Waals surface area contributed by atoms with Gasteiger partial charge in [-0.15, -0.1) is 0 Å². The van der Waals surface area contributed by atoms with E-state index in [1.807, 2.05) is 41.0 Å². The summed E-state index contributed by atoms with van der Waals surface area (Å²) in [7, 11) is 0. The SMILES string of the molecule is N#Cc1ccc2cc(NC(N)=O)n(CCCCN3CCN(C4=COC(Cc5ccccc5)O4)CC3)c2c1. The Bertz CT molecular complexity index is 1300. The molecule has 5 rings (SSSR count). The maximum atomic E-state index is 11.5. The van der Waals surface area contributed by atoms with E-state index in [-0.39, 0.29) is 6.29 Å². The van der Waals surface area contributed by atoms with Gasteiger partial charge in [0.15, 0.2) is 0 Å². The van der Waals surface area contributed by atoms with Crippen LogP contribution in [0.5, 0.6) is 0 Å². The number of hydrogen-bond acceptors (Lipinski definition) is 6. The number of amides is 2. The number of hydrogen-bond donors (Lipinski definition) is 2. The Kier molecular flexibility index (Phi) is 7.47. The van der Waals surface area contributed by atoms with Crippen LogP contribution in [0.4, 0.5) is 10.6 Å². The van der Waals surface area contributed by atoms with Gasteiger partial charge in [0.2, 0.25) is 12.2 Å². The number of unbranched alkanes of at least 4 members (excludes halogenated alkanes) is 1. The van der Waals surface area contributed by atoms with Crippen LogP contribution in [-0.4, -0.2) is 59.4 Å². The minimum absolute atomic E-state index is 0.265. The van der Waals surface area contributed by atoms with E-state index in [1.54, 1.807) is 12.3 Å². The number of piperazine rings is 1. The maximum absolute atomic E-state index is 11.5. The van der Waals surface area contributed by atoms with Crippen LogP contribution in [0.25, 0.3) is 10.9 Å². The van der Waals surface area contributed by atoms with Crippen LogP contribution < -0.4 is 11.1 Å². The van der Waals surface area contributed by atoms with Crippen molar-refractivity contribution >= 4 is 22.8 Å². The number of urea groups is 1. The van der Waals surface area contributed by atoms with Crippen LogP contribution in [0.15, 0.2) is 66.7 Å². The number of fused-ring (bicyclic) bond motifs is 1. The third-order valence-corrected chi connectivity index (χ3v) is 6.89. The molecule has 0 spiro atoms. The number of nitrogens with two attached hydrogens (primary N) is 1. The maximum Gasteiger partial charge on any atom is 0.317 e. The molecule has 1 aromatic heterocycles. The van der Waals surface area contributed by atoms with Gasteiger partial charge in [0.25, 0.3) is 0 Å². The van der Waals surface area contributed by atoms with Crippen molar-refractivity contribution < 1.29 is 14.3 Å². The lowest BCUT2D eigenvalue weighted by Crippen LogP contribution is -2.46. The lowest BCUT2D eigenvalue weighted by molar-refractivity contribution is -0.0522. The van der Waals surface area contributed by atoms with Crippen molar-refractivity contribution in [2.45, 2.75) is 32.1 Å². The molecule has 1 unspecified atom stereocenters. The van der Waals surface area contributed by atoms with E-state index in [1.165, 1.54) is 5.56 Å². The van der Waals surface area contributed by atoms with E-state index in [0.717, 1.165) is 75.3 Å². The zero-order valence-corrected chi connectivity index (χ0v) is 20.8. The van der Waals surface area contributed by atoms with Crippen LogP contribution in [0.2, 0.25) is 0 Å². The molecule has 2 amide bonds. The summed E-state index contributed by atoms with van der Waals surface area (Å²) < 4.78 is 13.8. The van der Waals surface area contributed by atoms with Gasteiger partial charge in [-0.1, -0.05) is 36.4 Å². The third kappa shape index (κ3) is 5.98. The van der Waals surface area contributed by atoms with Gasteiger partial charge < -0.3 is 24.7 Å². The number of aryl methyl sites for hydroxylation is 1. The Morgan fingerprint density at radius 1 is 1.05 bits per heavy atom. The highest BCUT2D eigenvalue weighted by Gasteiger charge is 2.27. The van der Waals surface area contributed by atoms with Gasteiger partial charge in [0.05, 0.1) is 17.1 Å².